The van der Waals surface area contributed by atoms with Crippen molar-refractivity contribution in [1.29, 1.82) is 0 Å². The van der Waals surface area contributed by atoms with Crippen LogP contribution in [0.5, 0.6) is 5.88 Å². The van der Waals surface area contributed by atoms with E-state index in [2.05, 4.69) is 32.7 Å². The number of morpholine rings is 1. The van der Waals surface area contributed by atoms with Crippen LogP contribution < -0.4 is 9.64 Å². The van der Waals surface area contributed by atoms with Crippen molar-refractivity contribution in [2.45, 2.75) is 84.2 Å². The van der Waals surface area contributed by atoms with E-state index in [1.54, 1.807) is 21.9 Å². The van der Waals surface area contributed by atoms with Crippen LogP contribution >= 0.6 is 15.9 Å². The van der Waals surface area contributed by atoms with Crippen LogP contribution in [0.1, 0.15) is 59.6 Å². The van der Waals surface area contributed by atoms with Gasteiger partial charge in [0.05, 0.1) is 26.3 Å². The van der Waals surface area contributed by atoms with Crippen LogP contribution in [0.4, 0.5) is 14.9 Å². The molecule has 2 amide bonds. The Kier molecular flexibility index (Phi) is 10.3. The SMILES string of the molecule is C[C@@H]1COCCN1C[C@H]1CN(C(=O)OC(C)(C)C)[C@H](C)CN1CC(=O)N1CC(C)(C)Oc2nc(Br)c(Cc3ccc(F)cc3)cc21. The van der Waals surface area contributed by atoms with Crippen molar-refractivity contribution in [2.75, 3.05) is 57.4 Å². The Labute approximate surface area is 280 Å². The van der Waals surface area contributed by atoms with Gasteiger partial charge in [0.2, 0.25) is 11.8 Å². The van der Waals surface area contributed by atoms with Gasteiger partial charge in [0.15, 0.2) is 0 Å². The van der Waals surface area contributed by atoms with Crippen LogP contribution in [-0.2, 0) is 20.7 Å². The van der Waals surface area contributed by atoms with Crippen LogP contribution in [0.3, 0.4) is 0 Å². The number of aromatic nitrogens is 1. The molecule has 0 spiro atoms. The van der Waals surface area contributed by atoms with E-state index in [9.17, 15) is 14.0 Å². The first kappa shape index (κ1) is 34.5. The number of rotatable bonds is 6. The number of nitrogens with zero attached hydrogens (tertiary/aromatic N) is 5. The van der Waals surface area contributed by atoms with E-state index in [-0.39, 0.29) is 42.5 Å². The summed E-state index contributed by atoms with van der Waals surface area (Å²) in [7, 11) is 0. The van der Waals surface area contributed by atoms with Crippen molar-refractivity contribution in [3.05, 3.63) is 51.9 Å². The summed E-state index contributed by atoms with van der Waals surface area (Å²) in [5.74, 6) is 0.0370. The van der Waals surface area contributed by atoms with Gasteiger partial charge in [-0.3, -0.25) is 14.6 Å². The molecule has 2 aromatic rings. The van der Waals surface area contributed by atoms with Crippen molar-refractivity contribution in [2.24, 2.45) is 0 Å². The number of amides is 2. The number of halogens is 2. The average Bonchev–Trinajstić information content (AvgIpc) is 2.95. The molecule has 0 saturated carbocycles. The summed E-state index contributed by atoms with van der Waals surface area (Å²) in [4.78, 5) is 40.5. The molecule has 2 fully saturated rings. The molecule has 3 aliphatic rings. The Morgan fingerprint density at radius 3 is 2.50 bits per heavy atom. The molecular weight excluding hydrogens is 657 g/mol. The van der Waals surface area contributed by atoms with E-state index in [0.717, 1.165) is 17.7 Å². The predicted molar refractivity (Wildman–Crippen MR) is 178 cm³/mol. The molecule has 1 aromatic heterocycles. The number of hydrogen-bond acceptors (Lipinski definition) is 8. The molecule has 2 saturated heterocycles. The number of carbonyl (C=O) groups is 2. The largest absolute Gasteiger partial charge is 0.468 e. The van der Waals surface area contributed by atoms with Crippen molar-refractivity contribution in [1.82, 2.24) is 19.7 Å². The Balaban J connectivity index is 1.40. The molecule has 0 N–H and O–H groups in total. The molecular formula is C34H47BrFN5O5. The fourth-order valence-corrected chi connectivity index (χ4v) is 6.73. The molecule has 1 aromatic carbocycles. The molecule has 10 nitrogen and oxygen atoms in total. The molecule has 0 unspecified atom stereocenters. The van der Waals surface area contributed by atoms with Gasteiger partial charge in [0, 0.05) is 50.7 Å². The smallest absolute Gasteiger partial charge is 0.410 e. The molecule has 252 valence electrons. The van der Waals surface area contributed by atoms with Gasteiger partial charge in [0.25, 0.3) is 0 Å². The van der Waals surface area contributed by atoms with Gasteiger partial charge in [-0.05, 0) is 93.7 Å². The van der Waals surface area contributed by atoms with E-state index in [0.29, 0.717) is 62.0 Å². The van der Waals surface area contributed by atoms with E-state index in [1.807, 2.05) is 47.6 Å². The first-order valence-electron chi connectivity index (χ1n) is 16.1. The van der Waals surface area contributed by atoms with Crippen molar-refractivity contribution >= 4 is 33.6 Å². The van der Waals surface area contributed by atoms with Crippen LogP contribution in [0, 0.1) is 5.82 Å². The third-order valence-corrected chi connectivity index (χ3v) is 9.36. The summed E-state index contributed by atoms with van der Waals surface area (Å²) in [5, 5.41) is 0. The zero-order chi connectivity index (χ0) is 33.4. The minimum Gasteiger partial charge on any atom is -0.468 e. The lowest BCUT2D eigenvalue weighted by Crippen LogP contribution is -2.64. The van der Waals surface area contributed by atoms with Gasteiger partial charge in [-0.25, -0.2) is 14.2 Å². The van der Waals surface area contributed by atoms with Crippen LogP contribution in [0.25, 0.3) is 0 Å². The summed E-state index contributed by atoms with van der Waals surface area (Å²) in [5.41, 5.74) is 1.15. The number of ether oxygens (including phenoxy) is 3. The number of pyridine rings is 1. The lowest BCUT2D eigenvalue weighted by molar-refractivity contribution is -0.122. The first-order chi connectivity index (χ1) is 21.6. The number of fused-ring (bicyclic) bond motifs is 1. The Morgan fingerprint density at radius 2 is 1.83 bits per heavy atom. The number of carbonyl (C=O) groups excluding carboxylic acids is 2. The minimum absolute atomic E-state index is 0.0626. The average molecular weight is 705 g/mol. The van der Waals surface area contributed by atoms with E-state index < -0.39 is 11.2 Å². The molecule has 3 atom stereocenters. The van der Waals surface area contributed by atoms with Crippen LogP contribution in [0.2, 0.25) is 0 Å². The third-order valence-electron chi connectivity index (χ3n) is 8.68. The summed E-state index contributed by atoms with van der Waals surface area (Å²) in [6.07, 6.45) is 0.177. The zero-order valence-corrected chi connectivity index (χ0v) is 29.6. The number of anilines is 1. The van der Waals surface area contributed by atoms with E-state index >= 15 is 0 Å². The maximum atomic E-state index is 14.3. The Hall–Kier alpha value is -2.80. The second-order valence-electron chi connectivity index (χ2n) is 14.4. The highest BCUT2D eigenvalue weighted by molar-refractivity contribution is 9.10. The van der Waals surface area contributed by atoms with E-state index in [4.69, 9.17) is 19.2 Å². The summed E-state index contributed by atoms with van der Waals surface area (Å²) < 4.78 is 31.9. The lowest BCUT2D eigenvalue weighted by Gasteiger charge is -2.48. The normalized spacial score (nSPS) is 23.9. The summed E-state index contributed by atoms with van der Waals surface area (Å²) in [6.45, 7) is 18.0. The molecule has 46 heavy (non-hydrogen) atoms. The highest BCUT2D eigenvalue weighted by Crippen LogP contribution is 2.39. The first-order valence-corrected chi connectivity index (χ1v) is 16.9. The van der Waals surface area contributed by atoms with Crippen molar-refractivity contribution in [3.8, 4) is 5.88 Å². The monoisotopic (exact) mass is 703 g/mol. The Morgan fingerprint density at radius 1 is 1.11 bits per heavy atom. The zero-order valence-electron chi connectivity index (χ0n) is 28.0. The number of piperazine rings is 1. The topological polar surface area (TPSA) is 87.7 Å². The fraction of sp³-hybridized carbons (Fsp3) is 0.618. The van der Waals surface area contributed by atoms with Gasteiger partial charge >= 0.3 is 6.09 Å². The van der Waals surface area contributed by atoms with Crippen LogP contribution in [0.15, 0.2) is 34.9 Å². The lowest BCUT2D eigenvalue weighted by atomic mass is 10.0. The van der Waals surface area contributed by atoms with Gasteiger partial charge in [-0.1, -0.05) is 12.1 Å². The molecule has 0 aliphatic carbocycles. The summed E-state index contributed by atoms with van der Waals surface area (Å²) >= 11 is 3.59. The third kappa shape index (κ3) is 8.37. The van der Waals surface area contributed by atoms with Crippen molar-refractivity contribution in [3.63, 3.8) is 0 Å². The van der Waals surface area contributed by atoms with Gasteiger partial charge in [-0.2, -0.15) is 0 Å². The molecule has 0 radical (unpaired) electrons. The second kappa shape index (κ2) is 13.7. The maximum Gasteiger partial charge on any atom is 0.410 e. The highest BCUT2D eigenvalue weighted by atomic mass is 79.9. The quantitative estimate of drug-likeness (QED) is 0.384. The summed E-state index contributed by atoms with van der Waals surface area (Å²) in [6, 6.07) is 8.32. The van der Waals surface area contributed by atoms with Crippen molar-refractivity contribution < 1.29 is 28.2 Å². The predicted octanol–water partition coefficient (Wildman–Crippen LogP) is 5.11. The molecule has 12 heteroatoms. The fourth-order valence-electron chi connectivity index (χ4n) is 6.32. The van der Waals surface area contributed by atoms with E-state index in [1.165, 1.54) is 12.1 Å². The minimum atomic E-state index is -0.654. The second-order valence-corrected chi connectivity index (χ2v) is 15.1. The number of benzene rings is 1. The Bertz CT molecular complexity index is 1420. The molecule has 0 bridgehead atoms. The highest BCUT2D eigenvalue weighted by Gasteiger charge is 2.41. The van der Waals surface area contributed by atoms with Gasteiger partial charge < -0.3 is 24.0 Å². The molecule has 3 aliphatic heterocycles. The maximum absolute atomic E-state index is 14.3. The molecule has 4 heterocycles. The van der Waals surface area contributed by atoms with Crippen LogP contribution in [-0.4, -0.2) is 113 Å². The standard InChI is InChI=1S/C34H47BrFN5O5/c1-22-16-39(27(17-38-12-13-44-20-23(38)2)18-40(22)32(43)46-33(3,4)5)19-29(42)41-21-34(6,7)45-31-28(41)15-25(30(35)37-31)14-24-8-10-26(36)11-9-24/h8-11,15,22-23,27H,12-14,16-21H2,1-7H3/t22-,23-,27+/m1/s1. The number of hydrogen-bond donors (Lipinski definition) is 0. The van der Waals surface area contributed by atoms with Gasteiger partial charge in [0.1, 0.15) is 27.3 Å². The van der Waals surface area contributed by atoms with Gasteiger partial charge in [-0.15, -0.1) is 0 Å². The molecule has 5 rings (SSSR count).